The molecule has 4 rings (SSSR count). The molecular formula is C23H30N2OS. The smallest absolute Gasteiger partial charge is 0.263 e. The number of carbonyl (C=O) groups is 1. The molecule has 144 valence electrons. The van der Waals surface area contributed by atoms with Gasteiger partial charge in [0, 0.05) is 24.5 Å². The van der Waals surface area contributed by atoms with Crippen molar-refractivity contribution in [2.45, 2.75) is 44.9 Å². The summed E-state index contributed by atoms with van der Waals surface area (Å²) in [7, 11) is 0. The van der Waals surface area contributed by atoms with E-state index in [1.165, 1.54) is 41.7 Å². The van der Waals surface area contributed by atoms with Crippen molar-refractivity contribution in [3.05, 3.63) is 57.3 Å². The summed E-state index contributed by atoms with van der Waals surface area (Å²) < 4.78 is 0. The van der Waals surface area contributed by atoms with Gasteiger partial charge in [-0.2, -0.15) is 0 Å². The number of aryl methyl sites for hydroxylation is 3. The van der Waals surface area contributed by atoms with Gasteiger partial charge >= 0.3 is 0 Å². The molecule has 0 bridgehead atoms. The van der Waals surface area contributed by atoms with E-state index in [2.05, 4.69) is 46.2 Å². The molecule has 4 heteroatoms. The SMILES string of the molecule is O=C(c1cc2c(s1)CCCC2)N1CCCN(CCCc2ccccc2)CC1. The summed E-state index contributed by atoms with van der Waals surface area (Å²) in [5.74, 6) is 0.264. The molecule has 0 radical (unpaired) electrons. The Morgan fingerprint density at radius 3 is 2.67 bits per heavy atom. The molecular weight excluding hydrogens is 352 g/mol. The highest BCUT2D eigenvalue weighted by atomic mass is 32.1. The standard InChI is InChI=1S/C23H30N2OS/c26-23(22-18-20-11-4-5-12-21(20)27-22)25-15-7-14-24(16-17-25)13-6-10-19-8-2-1-3-9-19/h1-3,8-9,18H,4-7,10-17H2. The van der Waals surface area contributed by atoms with Crippen molar-refractivity contribution in [2.75, 3.05) is 32.7 Å². The van der Waals surface area contributed by atoms with Gasteiger partial charge in [-0.05, 0) is 75.2 Å². The summed E-state index contributed by atoms with van der Waals surface area (Å²) >= 11 is 1.75. The molecule has 1 aliphatic carbocycles. The molecule has 0 saturated carbocycles. The predicted molar refractivity (Wildman–Crippen MR) is 113 cm³/mol. The van der Waals surface area contributed by atoms with Crippen LogP contribution in [-0.2, 0) is 19.3 Å². The zero-order valence-electron chi connectivity index (χ0n) is 16.2. The first-order valence-corrected chi connectivity index (χ1v) is 11.3. The fourth-order valence-corrected chi connectivity index (χ4v) is 5.52. The highest BCUT2D eigenvalue weighted by molar-refractivity contribution is 7.14. The lowest BCUT2D eigenvalue weighted by molar-refractivity contribution is 0.0766. The van der Waals surface area contributed by atoms with E-state index in [0.717, 1.165) is 56.9 Å². The zero-order valence-corrected chi connectivity index (χ0v) is 17.0. The fourth-order valence-electron chi connectivity index (χ4n) is 4.30. The third kappa shape index (κ3) is 4.80. The van der Waals surface area contributed by atoms with Crippen molar-refractivity contribution in [1.29, 1.82) is 0 Å². The second-order valence-electron chi connectivity index (χ2n) is 7.84. The Kier molecular flexibility index (Phi) is 6.25. The summed E-state index contributed by atoms with van der Waals surface area (Å²) in [5, 5.41) is 0. The van der Waals surface area contributed by atoms with Gasteiger partial charge in [0.2, 0.25) is 0 Å². The van der Waals surface area contributed by atoms with Gasteiger partial charge in [0.05, 0.1) is 4.88 Å². The minimum Gasteiger partial charge on any atom is -0.337 e. The summed E-state index contributed by atoms with van der Waals surface area (Å²) in [6.07, 6.45) is 8.30. The molecule has 1 fully saturated rings. The van der Waals surface area contributed by atoms with Gasteiger partial charge in [0.25, 0.3) is 5.91 Å². The Morgan fingerprint density at radius 2 is 1.81 bits per heavy atom. The first kappa shape index (κ1) is 18.7. The first-order chi connectivity index (χ1) is 13.3. The van der Waals surface area contributed by atoms with E-state index in [4.69, 9.17) is 0 Å². The van der Waals surface area contributed by atoms with Crippen molar-refractivity contribution >= 4 is 17.2 Å². The first-order valence-electron chi connectivity index (χ1n) is 10.5. The summed E-state index contributed by atoms with van der Waals surface area (Å²) in [5.41, 5.74) is 2.86. The molecule has 0 unspecified atom stereocenters. The Morgan fingerprint density at radius 1 is 0.963 bits per heavy atom. The minimum absolute atomic E-state index is 0.264. The average Bonchev–Trinajstić information content (AvgIpc) is 3.00. The lowest BCUT2D eigenvalue weighted by Crippen LogP contribution is -2.35. The predicted octanol–water partition coefficient (Wildman–Crippen LogP) is 4.41. The summed E-state index contributed by atoms with van der Waals surface area (Å²) in [6.45, 7) is 5.01. The lowest BCUT2D eigenvalue weighted by atomic mass is 9.99. The van der Waals surface area contributed by atoms with Crippen LogP contribution in [0.5, 0.6) is 0 Å². The van der Waals surface area contributed by atoms with Crippen LogP contribution in [0.3, 0.4) is 0 Å². The Labute approximate surface area is 167 Å². The Hall–Kier alpha value is -1.65. The van der Waals surface area contributed by atoms with Crippen LogP contribution in [0.4, 0.5) is 0 Å². The quantitative estimate of drug-likeness (QED) is 0.765. The van der Waals surface area contributed by atoms with Crippen molar-refractivity contribution in [3.63, 3.8) is 0 Å². The van der Waals surface area contributed by atoms with E-state index < -0.39 is 0 Å². The number of carbonyl (C=O) groups excluding carboxylic acids is 1. The van der Waals surface area contributed by atoms with E-state index in [1.54, 1.807) is 11.3 Å². The molecule has 2 heterocycles. The molecule has 0 spiro atoms. The molecule has 2 aromatic rings. The molecule has 1 aromatic carbocycles. The maximum absolute atomic E-state index is 13.0. The molecule has 3 nitrogen and oxygen atoms in total. The van der Waals surface area contributed by atoms with Crippen molar-refractivity contribution < 1.29 is 4.79 Å². The largest absolute Gasteiger partial charge is 0.337 e. The van der Waals surface area contributed by atoms with Crippen LogP contribution in [0, 0.1) is 0 Å². The zero-order chi connectivity index (χ0) is 18.5. The number of fused-ring (bicyclic) bond motifs is 1. The second-order valence-corrected chi connectivity index (χ2v) is 8.98. The molecule has 1 saturated heterocycles. The van der Waals surface area contributed by atoms with Crippen molar-refractivity contribution in [3.8, 4) is 0 Å². The van der Waals surface area contributed by atoms with Crippen LogP contribution < -0.4 is 0 Å². The number of thiophene rings is 1. The summed E-state index contributed by atoms with van der Waals surface area (Å²) in [4.78, 5) is 20.1. The lowest BCUT2D eigenvalue weighted by Gasteiger charge is -2.21. The third-order valence-electron chi connectivity index (χ3n) is 5.87. The van der Waals surface area contributed by atoms with Gasteiger partial charge in [0.1, 0.15) is 0 Å². The van der Waals surface area contributed by atoms with Crippen LogP contribution >= 0.6 is 11.3 Å². The van der Waals surface area contributed by atoms with E-state index in [0.29, 0.717) is 0 Å². The van der Waals surface area contributed by atoms with Crippen LogP contribution in [0.1, 0.15) is 51.4 Å². The third-order valence-corrected chi connectivity index (χ3v) is 7.09. The Balaban J connectivity index is 1.27. The average molecular weight is 383 g/mol. The molecule has 1 amide bonds. The van der Waals surface area contributed by atoms with Gasteiger partial charge in [-0.3, -0.25) is 4.79 Å². The molecule has 0 atom stereocenters. The normalized spacial score (nSPS) is 18.1. The highest BCUT2D eigenvalue weighted by Crippen LogP contribution is 2.30. The number of amides is 1. The highest BCUT2D eigenvalue weighted by Gasteiger charge is 2.23. The van der Waals surface area contributed by atoms with Crippen LogP contribution in [0.15, 0.2) is 36.4 Å². The van der Waals surface area contributed by atoms with Crippen LogP contribution in [0.2, 0.25) is 0 Å². The van der Waals surface area contributed by atoms with Gasteiger partial charge in [0.15, 0.2) is 0 Å². The molecule has 2 aliphatic rings. The van der Waals surface area contributed by atoms with E-state index >= 15 is 0 Å². The topological polar surface area (TPSA) is 23.6 Å². The minimum atomic E-state index is 0.264. The Bertz CT molecular complexity index is 731. The number of hydrogen-bond donors (Lipinski definition) is 0. The van der Waals surface area contributed by atoms with Crippen molar-refractivity contribution in [1.82, 2.24) is 9.80 Å². The van der Waals surface area contributed by atoms with Gasteiger partial charge < -0.3 is 9.80 Å². The van der Waals surface area contributed by atoms with Crippen molar-refractivity contribution in [2.24, 2.45) is 0 Å². The molecule has 0 N–H and O–H groups in total. The summed E-state index contributed by atoms with van der Waals surface area (Å²) in [6, 6.07) is 12.9. The maximum Gasteiger partial charge on any atom is 0.263 e. The maximum atomic E-state index is 13.0. The number of benzene rings is 1. The van der Waals surface area contributed by atoms with E-state index in [9.17, 15) is 4.79 Å². The van der Waals surface area contributed by atoms with Gasteiger partial charge in [-0.25, -0.2) is 0 Å². The second kappa shape index (κ2) is 9.03. The van der Waals surface area contributed by atoms with Gasteiger partial charge in [-0.15, -0.1) is 11.3 Å². The van der Waals surface area contributed by atoms with E-state index in [1.807, 2.05) is 0 Å². The number of rotatable bonds is 5. The molecule has 1 aliphatic heterocycles. The van der Waals surface area contributed by atoms with Gasteiger partial charge in [-0.1, -0.05) is 30.3 Å². The van der Waals surface area contributed by atoms with E-state index in [-0.39, 0.29) is 5.91 Å². The fraction of sp³-hybridized carbons (Fsp3) is 0.522. The van der Waals surface area contributed by atoms with Crippen LogP contribution in [0.25, 0.3) is 0 Å². The molecule has 1 aromatic heterocycles. The van der Waals surface area contributed by atoms with Crippen LogP contribution in [-0.4, -0.2) is 48.4 Å². The monoisotopic (exact) mass is 382 g/mol. The molecule has 27 heavy (non-hydrogen) atoms. The number of hydrogen-bond acceptors (Lipinski definition) is 3. The number of nitrogens with zero attached hydrogens (tertiary/aromatic N) is 2.